The molecule has 2 heterocycles. The lowest BCUT2D eigenvalue weighted by molar-refractivity contribution is 0.669. The Labute approximate surface area is 302 Å². The molecule has 4 nitrogen and oxygen atoms in total. The van der Waals surface area contributed by atoms with E-state index in [1.54, 1.807) is 0 Å². The van der Waals surface area contributed by atoms with Gasteiger partial charge in [-0.05, 0) is 80.9 Å². The molecule has 0 saturated heterocycles. The monoisotopic (exact) mass is 669 g/mol. The van der Waals surface area contributed by atoms with E-state index in [-0.39, 0.29) is 0 Å². The average molecular weight is 670 g/mol. The Bertz CT molecular complexity index is 2850. The predicted molar refractivity (Wildman–Crippen MR) is 217 cm³/mol. The number of rotatable bonds is 7. The van der Waals surface area contributed by atoms with Crippen LogP contribution >= 0.6 is 0 Å². The second-order valence-corrected chi connectivity index (χ2v) is 13.1. The van der Waals surface area contributed by atoms with E-state index in [9.17, 15) is 0 Å². The van der Waals surface area contributed by atoms with Crippen molar-refractivity contribution in [1.29, 1.82) is 0 Å². The lowest BCUT2D eigenvalue weighted by Crippen LogP contribution is -2.03. The molecule has 52 heavy (non-hydrogen) atoms. The summed E-state index contributed by atoms with van der Waals surface area (Å²) in [6.45, 7) is 4.26. The highest BCUT2D eigenvalue weighted by atomic mass is 16.3. The summed E-state index contributed by atoms with van der Waals surface area (Å²) in [5.74, 6) is 1.89. The van der Waals surface area contributed by atoms with Crippen LogP contribution in [0.1, 0.15) is 31.7 Å². The highest BCUT2D eigenvalue weighted by Crippen LogP contribution is 2.40. The third kappa shape index (κ3) is 5.65. The second-order valence-electron chi connectivity index (χ2n) is 13.1. The van der Waals surface area contributed by atoms with Crippen LogP contribution < -0.4 is 0 Å². The summed E-state index contributed by atoms with van der Waals surface area (Å²) < 4.78 is 6.29. The van der Waals surface area contributed by atoms with E-state index in [1.165, 1.54) is 32.7 Å². The van der Waals surface area contributed by atoms with Crippen LogP contribution in [0.15, 0.2) is 168 Å². The number of allylic oxidation sites excluding steroid dienone is 4. The van der Waals surface area contributed by atoms with E-state index in [4.69, 9.17) is 19.4 Å². The first kappa shape index (κ1) is 31.3. The van der Waals surface area contributed by atoms with Crippen LogP contribution in [-0.4, -0.2) is 15.0 Å². The maximum atomic E-state index is 6.29. The molecule has 0 unspecified atom stereocenters. The summed E-state index contributed by atoms with van der Waals surface area (Å²) in [5.41, 5.74) is 9.12. The SMILES string of the molecule is CC/C(=C\C=C(/C)c1nc(-c2ccc3ccc4ccccc4c3c2)nc(-c2ccccc2-c2cccc3oc4ccccc4c23)n1)c1ccccc1. The third-order valence-corrected chi connectivity index (χ3v) is 9.91. The highest BCUT2D eigenvalue weighted by molar-refractivity contribution is 6.13. The molecular weight excluding hydrogens is 635 g/mol. The smallest absolute Gasteiger partial charge is 0.164 e. The Morgan fingerprint density at radius 1 is 0.538 bits per heavy atom. The summed E-state index contributed by atoms with van der Waals surface area (Å²) in [7, 11) is 0. The van der Waals surface area contributed by atoms with Gasteiger partial charge in [0.05, 0.1) is 0 Å². The topological polar surface area (TPSA) is 51.8 Å². The van der Waals surface area contributed by atoms with E-state index < -0.39 is 0 Å². The molecule has 9 aromatic rings. The van der Waals surface area contributed by atoms with Crippen molar-refractivity contribution in [1.82, 2.24) is 15.0 Å². The molecule has 0 N–H and O–H groups in total. The average Bonchev–Trinajstić information content (AvgIpc) is 3.60. The van der Waals surface area contributed by atoms with Gasteiger partial charge in [-0.15, -0.1) is 0 Å². The van der Waals surface area contributed by atoms with Gasteiger partial charge in [0.15, 0.2) is 17.5 Å². The van der Waals surface area contributed by atoms with Crippen molar-refractivity contribution in [2.45, 2.75) is 20.3 Å². The van der Waals surface area contributed by atoms with Crippen molar-refractivity contribution in [2.75, 3.05) is 0 Å². The summed E-state index contributed by atoms with van der Waals surface area (Å²) >= 11 is 0. The molecule has 4 heteroatoms. The number of benzene rings is 7. The van der Waals surface area contributed by atoms with E-state index >= 15 is 0 Å². The first-order valence-corrected chi connectivity index (χ1v) is 17.8. The van der Waals surface area contributed by atoms with E-state index in [0.29, 0.717) is 17.5 Å². The minimum absolute atomic E-state index is 0.619. The Kier molecular flexibility index (Phi) is 7.98. The van der Waals surface area contributed by atoms with Gasteiger partial charge in [0.1, 0.15) is 11.2 Å². The maximum absolute atomic E-state index is 6.29. The van der Waals surface area contributed by atoms with Crippen LogP contribution in [0.2, 0.25) is 0 Å². The second kappa shape index (κ2) is 13.2. The van der Waals surface area contributed by atoms with Crippen molar-refractivity contribution < 1.29 is 4.42 Å². The molecule has 0 fully saturated rings. The Morgan fingerprint density at radius 3 is 2.04 bits per heavy atom. The number of aromatic nitrogens is 3. The summed E-state index contributed by atoms with van der Waals surface area (Å²) in [4.78, 5) is 15.6. The number of para-hydroxylation sites is 1. The molecule has 2 aromatic heterocycles. The summed E-state index contributed by atoms with van der Waals surface area (Å²) in [5, 5.41) is 6.92. The predicted octanol–water partition coefficient (Wildman–Crippen LogP) is 13.0. The van der Waals surface area contributed by atoms with Crippen LogP contribution in [0.3, 0.4) is 0 Å². The van der Waals surface area contributed by atoms with Crippen LogP contribution in [0.25, 0.3) is 88.5 Å². The van der Waals surface area contributed by atoms with Gasteiger partial charge >= 0.3 is 0 Å². The van der Waals surface area contributed by atoms with Gasteiger partial charge in [0.2, 0.25) is 0 Å². The standard InChI is InChI=1S/C48H35N3O/c1-3-32(33-14-5-4-6-15-33)25-24-31(2)46-49-47(36-29-28-35-27-26-34-16-7-8-17-37(34)42(35)30-36)51-48(50-46)40-19-10-9-18-38(40)39-21-13-23-44-45(39)41-20-11-12-22-43(41)52-44/h4-30H,3H2,1-2H3/b31-24+,32-25+. The zero-order chi connectivity index (χ0) is 35.0. The van der Waals surface area contributed by atoms with Crippen LogP contribution in [0, 0.1) is 0 Å². The molecular formula is C48H35N3O. The number of hydrogen-bond acceptors (Lipinski definition) is 4. The minimum atomic E-state index is 0.619. The van der Waals surface area contributed by atoms with Crippen LogP contribution in [-0.2, 0) is 0 Å². The van der Waals surface area contributed by atoms with Crippen molar-refractivity contribution in [3.8, 4) is 33.9 Å². The lowest BCUT2D eigenvalue weighted by atomic mass is 9.95. The summed E-state index contributed by atoms with van der Waals surface area (Å²) in [6, 6.07) is 52.7. The number of furan rings is 1. The minimum Gasteiger partial charge on any atom is -0.456 e. The highest BCUT2D eigenvalue weighted by Gasteiger charge is 2.19. The molecule has 0 aliphatic carbocycles. The van der Waals surface area contributed by atoms with E-state index in [1.807, 2.05) is 18.2 Å². The molecule has 0 aliphatic heterocycles. The van der Waals surface area contributed by atoms with Gasteiger partial charge in [-0.3, -0.25) is 0 Å². The summed E-state index contributed by atoms with van der Waals surface area (Å²) in [6.07, 6.45) is 5.23. The molecule has 9 rings (SSSR count). The molecule has 0 aliphatic rings. The quantitative estimate of drug-likeness (QED) is 0.125. The molecule has 0 bridgehead atoms. The molecule has 0 saturated carbocycles. The van der Waals surface area contributed by atoms with Gasteiger partial charge in [-0.1, -0.05) is 153 Å². The molecule has 248 valence electrons. The van der Waals surface area contributed by atoms with E-state index in [0.717, 1.165) is 56.2 Å². The fourth-order valence-electron chi connectivity index (χ4n) is 7.23. The van der Waals surface area contributed by atoms with Crippen molar-refractivity contribution in [3.05, 3.63) is 175 Å². The van der Waals surface area contributed by atoms with Crippen LogP contribution in [0.4, 0.5) is 0 Å². The normalized spacial score (nSPS) is 12.3. The maximum Gasteiger partial charge on any atom is 0.164 e. The van der Waals surface area contributed by atoms with Crippen LogP contribution in [0.5, 0.6) is 0 Å². The Balaban J connectivity index is 1.25. The van der Waals surface area contributed by atoms with Crippen molar-refractivity contribution in [2.24, 2.45) is 0 Å². The van der Waals surface area contributed by atoms with Crippen molar-refractivity contribution in [3.63, 3.8) is 0 Å². The molecule has 0 radical (unpaired) electrons. The van der Waals surface area contributed by atoms with Gasteiger partial charge in [0.25, 0.3) is 0 Å². The first-order chi connectivity index (χ1) is 25.6. The van der Waals surface area contributed by atoms with Gasteiger partial charge < -0.3 is 4.42 Å². The van der Waals surface area contributed by atoms with Gasteiger partial charge in [0, 0.05) is 21.9 Å². The number of fused-ring (bicyclic) bond motifs is 6. The largest absolute Gasteiger partial charge is 0.456 e. The molecule has 0 spiro atoms. The Morgan fingerprint density at radius 2 is 1.19 bits per heavy atom. The lowest BCUT2D eigenvalue weighted by Gasteiger charge is -2.13. The molecule has 0 amide bonds. The number of hydrogen-bond donors (Lipinski definition) is 0. The van der Waals surface area contributed by atoms with Gasteiger partial charge in [-0.25, -0.2) is 15.0 Å². The van der Waals surface area contributed by atoms with E-state index in [2.05, 4.69) is 159 Å². The first-order valence-electron chi connectivity index (χ1n) is 17.8. The molecule has 7 aromatic carbocycles. The zero-order valence-electron chi connectivity index (χ0n) is 29.0. The third-order valence-electron chi connectivity index (χ3n) is 9.91. The van der Waals surface area contributed by atoms with Gasteiger partial charge in [-0.2, -0.15) is 0 Å². The zero-order valence-corrected chi connectivity index (χ0v) is 29.0. The fourth-order valence-corrected chi connectivity index (χ4v) is 7.23. The van der Waals surface area contributed by atoms with Crippen molar-refractivity contribution >= 4 is 54.6 Å². The Hall–Kier alpha value is -6.65. The number of nitrogens with zero attached hydrogens (tertiary/aromatic N) is 3. The molecule has 0 atom stereocenters. The fraction of sp³-hybridized carbons (Fsp3) is 0.0625.